The van der Waals surface area contributed by atoms with Gasteiger partial charge < -0.3 is 5.32 Å². The van der Waals surface area contributed by atoms with Crippen LogP contribution in [-0.2, 0) is 6.54 Å². The maximum atomic E-state index is 4.16. The lowest BCUT2D eigenvalue weighted by Gasteiger charge is -2.18. The molecule has 0 saturated heterocycles. The van der Waals surface area contributed by atoms with Gasteiger partial charge in [-0.3, -0.25) is 4.98 Å². The Morgan fingerprint density at radius 3 is 2.75 bits per heavy atom. The van der Waals surface area contributed by atoms with Gasteiger partial charge in [-0.15, -0.1) is 0 Å². The van der Waals surface area contributed by atoms with Gasteiger partial charge in [0.05, 0.1) is 0 Å². The fourth-order valence-corrected chi connectivity index (χ4v) is 2.65. The molecule has 0 aliphatic heterocycles. The highest BCUT2D eigenvalue weighted by molar-refractivity contribution is 5.81. The lowest BCUT2D eigenvalue weighted by Crippen LogP contribution is -2.28. The molecular formula is C18H26N2. The summed E-state index contributed by atoms with van der Waals surface area (Å²) in [6.45, 7) is 5.50. The Bertz CT molecular complexity index is 522. The third-order valence-corrected chi connectivity index (χ3v) is 3.84. The van der Waals surface area contributed by atoms with E-state index in [0.717, 1.165) is 6.54 Å². The molecule has 2 nitrogen and oxygen atoms in total. The topological polar surface area (TPSA) is 24.9 Å². The molecule has 2 heteroatoms. The summed E-state index contributed by atoms with van der Waals surface area (Å²) < 4.78 is 0. The van der Waals surface area contributed by atoms with E-state index in [9.17, 15) is 0 Å². The van der Waals surface area contributed by atoms with Crippen molar-refractivity contribution in [1.82, 2.24) is 10.3 Å². The number of fused-ring (bicyclic) bond motifs is 1. The van der Waals surface area contributed by atoms with Crippen LogP contribution in [-0.4, -0.2) is 11.0 Å². The zero-order valence-corrected chi connectivity index (χ0v) is 12.7. The summed E-state index contributed by atoms with van der Waals surface area (Å²) in [7, 11) is 0. The Labute approximate surface area is 122 Å². The summed E-state index contributed by atoms with van der Waals surface area (Å²) in [5.41, 5.74) is 1.36. The van der Waals surface area contributed by atoms with E-state index in [4.69, 9.17) is 0 Å². The van der Waals surface area contributed by atoms with Crippen LogP contribution < -0.4 is 5.32 Å². The fourth-order valence-electron chi connectivity index (χ4n) is 2.65. The maximum absolute atomic E-state index is 4.16. The second-order valence-electron chi connectivity index (χ2n) is 5.57. The van der Waals surface area contributed by atoms with E-state index < -0.39 is 0 Å². The van der Waals surface area contributed by atoms with Crippen LogP contribution >= 0.6 is 0 Å². The minimum Gasteiger partial charge on any atom is -0.310 e. The Kier molecular flexibility index (Phi) is 6.00. The van der Waals surface area contributed by atoms with Crippen LogP contribution in [0.2, 0.25) is 0 Å². The molecule has 0 fully saturated rings. The number of hydrogen-bond donors (Lipinski definition) is 1. The fraction of sp³-hybridized carbons (Fsp3) is 0.500. The highest BCUT2D eigenvalue weighted by atomic mass is 14.9. The SMILES string of the molecule is CCCCC(CCC)NCc1ccc2cnccc2c1. The standard InChI is InChI=1S/C18H26N2/c1-3-5-7-18(6-4-2)20-13-15-8-9-17-14-19-11-10-16(17)12-15/h8-12,14,18,20H,3-7,13H2,1-2H3. The highest BCUT2D eigenvalue weighted by Gasteiger charge is 2.06. The summed E-state index contributed by atoms with van der Waals surface area (Å²) in [5, 5.41) is 6.21. The van der Waals surface area contributed by atoms with Gasteiger partial charge in [-0.25, -0.2) is 0 Å². The molecule has 0 aliphatic carbocycles. The monoisotopic (exact) mass is 270 g/mol. The molecule has 1 heterocycles. The zero-order chi connectivity index (χ0) is 14.2. The summed E-state index contributed by atoms with van der Waals surface area (Å²) in [6.07, 6.45) is 10.2. The van der Waals surface area contributed by atoms with Crippen LogP contribution in [0.15, 0.2) is 36.7 Å². The Hall–Kier alpha value is -1.41. The van der Waals surface area contributed by atoms with Crippen molar-refractivity contribution < 1.29 is 0 Å². The molecule has 1 aromatic carbocycles. The molecule has 0 saturated carbocycles. The molecular weight excluding hydrogens is 244 g/mol. The third kappa shape index (κ3) is 4.31. The van der Waals surface area contributed by atoms with Crippen molar-refractivity contribution in [3.05, 3.63) is 42.2 Å². The summed E-state index contributed by atoms with van der Waals surface area (Å²) in [6, 6.07) is 9.39. The number of nitrogens with zero attached hydrogens (tertiary/aromatic N) is 1. The molecule has 0 amide bonds. The lowest BCUT2D eigenvalue weighted by molar-refractivity contribution is 0.434. The van der Waals surface area contributed by atoms with Gasteiger partial charge >= 0.3 is 0 Å². The molecule has 1 atom stereocenters. The van der Waals surface area contributed by atoms with Crippen LogP contribution in [0.4, 0.5) is 0 Å². The maximum Gasteiger partial charge on any atom is 0.0346 e. The van der Waals surface area contributed by atoms with Crippen LogP contribution in [0.5, 0.6) is 0 Å². The Morgan fingerprint density at radius 2 is 1.95 bits per heavy atom. The minimum atomic E-state index is 0.660. The molecule has 0 bridgehead atoms. The van der Waals surface area contributed by atoms with E-state index in [1.165, 1.54) is 48.4 Å². The zero-order valence-electron chi connectivity index (χ0n) is 12.7. The lowest BCUT2D eigenvalue weighted by atomic mass is 10.0. The first kappa shape index (κ1) is 15.0. The summed E-state index contributed by atoms with van der Waals surface area (Å²) >= 11 is 0. The second-order valence-corrected chi connectivity index (χ2v) is 5.57. The van der Waals surface area contributed by atoms with E-state index >= 15 is 0 Å². The average molecular weight is 270 g/mol. The van der Waals surface area contributed by atoms with E-state index in [1.54, 1.807) is 0 Å². The number of benzene rings is 1. The second kappa shape index (κ2) is 8.01. The molecule has 0 radical (unpaired) electrons. The highest BCUT2D eigenvalue weighted by Crippen LogP contribution is 2.15. The van der Waals surface area contributed by atoms with Crippen molar-refractivity contribution >= 4 is 10.8 Å². The first-order chi connectivity index (χ1) is 9.83. The van der Waals surface area contributed by atoms with Gasteiger partial charge in [0.25, 0.3) is 0 Å². The molecule has 108 valence electrons. The molecule has 20 heavy (non-hydrogen) atoms. The molecule has 2 rings (SSSR count). The molecule has 0 spiro atoms. The molecule has 1 unspecified atom stereocenters. The van der Waals surface area contributed by atoms with Crippen molar-refractivity contribution in [3.8, 4) is 0 Å². The van der Waals surface area contributed by atoms with Gasteiger partial charge in [0.15, 0.2) is 0 Å². The normalized spacial score (nSPS) is 12.7. The van der Waals surface area contributed by atoms with Crippen molar-refractivity contribution in [2.45, 2.75) is 58.5 Å². The van der Waals surface area contributed by atoms with Gasteiger partial charge in [-0.2, -0.15) is 0 Å². The first-order valence-electron chi connectivity index (χ1n) is 7.89. The van der Waals surface area contributed by atoms with Crippen LogP contribution in [0.25, 0.3) is 10.8 Å². The van der Waals surface area contributed by atoms with E-state index in [-0.39, 0.29) is 0 Å². The number of hydrogen-bond acceptors (Lipinski definition) is 2. The summed E-state index contributed by atoms with van der Waals surface area (Å²) in [4.78, 5) is 4.16. The van der Waals surface area contributed by atoms with Gasteiger partial charge in [0, 0.05) is 30.4 Å². The van der Waals surface area contributed by atoms with Crippen molar-refractivity contribution in [3.63, 3.8) is 0 Å². The largest absolute Gasteiger partial charge is 0.310 e. The van der Waals surface area contributed by atoms with Crippen molar-refractivity contribution in [1.29, 1.82) is 0 Å². The van der Waals surface area contributed by atoms with Crippen LogP contribution in [0, 0.1) is 0 Å². The Balaban J connectivity index is 1.96. The first-order valence-corrected chi connectivity index (χ1v) is 7.89. The Morgan fingerprint density at radius 1 is 1.05 bits per heavy atom. The number of aromatic nitrogens is 1. The van der Waals surface area contributed by atoms with Gasteiger partial charge in [-0.05, 0) is 35.9 Å². The smallest absolute Gasteiger partial charge is 0.0346 e. The number of unbranched alkanes of at least 4 members (excludes halogenated alkanes) is 1. The molecule has 1 N–H and O–H groups in total. The van der Waals surface area contributed by atoms with Crippen LogP contribution in [0.1, 0.15) is 51.5 Å². The molecule has 2 aromatic rings. The predicted octanol–water partition coefficient (Wildman–Crippen LogP) is 4.68. The van der Waals surface area contributed by atoms with Gasteiger partial charge in [0.1, 0.15) is 0 Å². The molecule has 1 aromatic heterocycles. The number of pyridine rings is 1. The van der Waals surface area contributed by atoms with Gasteiger partial charge in [0.2, 0.25) is 0 Å². The minimum absolute atomic E-state index is 0.660. The number of nitrogens with one attached hydrogen (secondary N) is 1. The van der Waals surface area contributed by atoms with Crippen LogP contribution in [0.3, 0.4) is 0 Å². The van der Waals surface area contributed by atoms with Gasteiger partial charge in [-0.1, -0.05) is 45.2 Å². The van der Waals surface area contributed by atoms with E-state index in [1.807, 2.05) is 12.4 Å². The van der Waals surface area contributed by atoms with Crippen molar-refractivity contribution in [2.24, 2.45) is 0 Å². The predicted molar refractivity (Wildman–Crippen MR) is 86.8 cm³/mol. The third-order valence-electron chi connectivity index (χ3n) is 3.84. The molecule has 0 aliphatic rings. The number of rotatable bonds is 8. The average Bonchev–Trinajstić information content (AvgIpc) is 2.50. The summed E-state index contributed by atoms with van der Waals surface area (Å²) in [5.74, 6) is 0. The van der Waals surface area contributed by atoms with E-state index in [0.29, 0.717) is 6.04 Å². The van der Waals surface area contributed by atoms with Crippen molar-refractivity contribution in [2.75, 3.05) is 0 Å². The van der Waals surface area contributed by atoms with E-state index in [2.05, 4.69) is 48.4 Å². The quantitative estimate of drug-likeness (QED) is 0.753.